The molecule has 0 aliphatic carbocycles. The van der Waals surface area contributed by atoms with Crippen LogP contribution in [0.25, 0.3) is 0 Å². The number of likely N-dealkylation sites (tertiary alicyclic amines) is 1. The maximum absolute atomic E-state index is 12.4. The van der Waals surface area contributed by atoms with Crippen molar-refractivity contribution in [1.29, 1.82) is 5.26 Å². The second-order valence-corrected chi connectivity index (χ2v) is 4.57. The highest BCUT2D eigenvalue weighted by atomic mass is 16.6. The van der Waals surface area contributed by atoms with E-state index in [0.29, 0.717) is 13.1 Å². The molecule has 0 bridgehead atoms. The lowest BCUT2D eigenvalue weighted by molar-refractivity contribution is -0.386. The van der Waals surface area contributed by atoms with Gasteiger partial charge in [-0.2, -0.15) is 5.26 Å². The lowest BCUT2D eigenvalue weighted by atomic mass is 10.0. The van der Waals surface area contributed by atoms with E-state index in [4.69, 9.17) is 10.00 Å². The lowest BCUT2D eigenvalue weighted by Gasteiger charge is -2.17. The van der Waals surface area contributed by atoms with Crippen molar-refractivity contribution in [3.05, 3.63) is 27.3 Å². The Morgan fingerprint density at radius 1 is 1.52 bits per heavy atom. The number of rotatable bonds is 3. The molecule has 0 atom stereocenters. The Labute approximate surface area is 120 Å². The van der Waals surface area contributed by atoms with Gasteiger partial charge < -0.3 is 14.7 Å². The van der Waals surface area contributed by atoms with Gasteiger partial charge in [-0.15, -0.1) is 0 Å². The van der Waals surface area contributed by atoms with Gasteiger partial charge in [-0.25, -0.2) is 0 Å². The summed E-state index contributed by atoms with van der Waals surface area (Å²) in [5.41, 5.74) is -1.36. The van der Waals surface area contributed by atoms with Gasteiger partial charge in [-0.3, -0.25) is 14.9 Å². The molecule has 21 heavy (non-hydrogen) atoms. The lowest BCUT2D eigenvalue weighted by Crippen LogP contribution is -2.29. The molecule has 0 spiro atoms. The Kier molecular flexibility index (Phi) is 3.93. The molecule has 1 heterocycles. The van der Waals surface area contributed by atoms with Crippen LogP contribution in [-0.2, 0) is 0 Å². The number of phenols is 1. The fourth-order valence-electron chi connectivity index (χ4n) is 2.35. The summed E-state index contributed by atoms with van der Waals surface area (Å²) in [7, 11) is 1.21. The fourth-order valence-corrected chi connectivity index (χ4v) is 2.35. The number of nitrogens with zero attached hydrogens (tertiary/aromatic N) is 3. The van der Waals surface area contributed by atoms with E-state index < -0.39 is 22.3 Å². The number of carbonyl (C=O) groups is 1. The highest BCUT2D eigenvalue weighted by molar-refractivity contribution is 6.02. The number of carbonyl (C=O) groups excluding carboxylic acids is 1. The molecule has 0 aromatic heterocycles. The maximum atomic E-state index is 12.4. The Hall–Kier alpha value is -2.82. The third-order valence-electron chi connectivity index (χ3n) is 3.37. The molecule has 0 unspecified atom stereocenters. The summed E-state index contributed by atoms with van der Waals surface area (Å²) >= 11 is 0. The molecule has 8 heteroatoms. The molecule has 1 N–H and O–H groups in total. The van der Waals surface area contributed by atoms with Crippen molar-refractivity contribution in [2.45, 2.75) is 12.8 Å². The predicted octanol–water partition coefficient (Wildman–Crippen LogP) is 1.42. The zero-order valence-electron chi connectivity index (χ0n) is 11.3. The number of nitro groups is 1. The van der Waals surface area contributed by atoms with E-state index in [1.54, 1.807) is 6.07 Å². The van der Waals surface area contributed by atoms with Crippen LogP contribution in [0.4, 0.5) is 5.69 Å². The number of aromatic hydroxyl groups is 1. The third-order valence-corrected chi connectivity index (χ3v) is 3.37. The zero-order chi connectivity index (χ0) is 15.6. The topological polar surface area (TPSA) is 117 Å². The van der Waals surface area contributed by atoms with Gasteiger partial charge in [-0.05, 0) is 12.8 Å². The van der Waals surface area contributed by atoms with Crippen LogP contribution in [0.5, 0.6) is 11.5 Å². The average molecular weight is 291 g/mol. The van der Waals surface area contributed by atoms with Gasteiger partial charge in [0.1, 0.15) is 11.6 Å². The molecule has 110 valence electrons. The molecule has 1 aliphatic rings. The van der Waals surface area contributed by atoms with Gasteiger partial charge in [0.15, 0.2) is 5.75 Å². The molecule has 0 saturated carbocycles. The average Bonchev–Trinajstić information content (AvgIpc) is 2.99. The summed E-state index contributed by atoms with van der Waals surface area (Å²) in [5, 5.41) is 30.3. The number of benzene rings is 1. The number of nitriles is 1. The van der Waals surface area contributed by atoms with Crippen LogP contribution in [0, 0.1) is 21.4 Å². The van der Waals surface area contributed by atoms with E-state index in [1.807, 2.05) is 0 Å². The van der Waals surface area contributed by atoms with Crippen LogP contribution in [-0.4, -0.2) is 41.0 Å². The summed E-state index contributed by atoms with van der Waals surface area (Å²) in [6.45, 7) is 0.960. The Morgan fingerprint density at radius 3 is 2.62 bits per heavy atom. The van der Waals surface area contributed by atoms with E-state index in [2.05, 4.69) is 0 Å². The highest BCUT2D eigenvalue weighted by Crippen LogP contribution is 2.41. The van der Waals surface area contributed by atoms with Crippen molar-refractivity contribution in [2.75, 3.05) is 20.2 Å². The molecule has 1 aromatic rings. The first-order chi connectivity index (χ1) is 10.0. The van der Waals surface area contributed by atoms with Crippen LogP contribution in [0.15, 0.2) is 6.07 Å². The number of methoxy groups -OCH3 is 1. The number of ether oxygens (including phenoxy) is 1. The number of amides is 1. The Morgan fingerprint density at radius 2 is 2.14 bits per heavy atom. The molecule has 2 rings (SSSR count). The summed E-state index contributed by atoms with van der Waals surface area (Å²) in [6.07, 6.45) is 1.62. The van der Waals surface area contributed by atoms with Crippen molar-refractivity contribution in [2.24, 2.45) is 0 Å². The van der Waals surface area contributed by atoms with Gasteiger partial charge in [0.25, 0.3) is 5.91 Å². The first-order valence-electron chi connectivity index (χ1n) is 6.29. The second kappa shape index (κ2) is 5.66. The predicted molar refractivity (Wildman–Crippen MR) is 71.2 cm³/mol. The summed E-state index contributed by atoms with van der Waals surface area (Å²) in [6, 6.07) is 2.88. The van der Waals surface area contributed by atoms with Crippen LogP contribution < -0.4 is 4.74 Å². The van der Waals surface area contributed by atoms with Crippen molar-refractivity contribution in [3.8, 4) is 17.6 Å². The number of hydrogen-bond donors (Lipinski definition) is 1. The maximum Gasteiger partial charge on any atom is 0.328 e. The number of hydrogen-bond acceptors (Lipinski definition) is 6. The van der Waals surface area contributed by atoms with E-state index in [0.717, 1.165) is 18.9 Å². The van der Waals surface area contributed by atoms with Crippen LogP contribution in [0.2, 0.25) is 0 Å². The Bertz CT molecular complexity index is 644. The largest absolute Gasteiger partial charge is 0.499 e. The van der Waals surface area contributed by atoms with Gasteiger partial charge in [0.05, 0.1) is 17.6 Å². The molecule has 0 radical (unpaired) electrons. The van der Waals surface area contributed by atoms with E-state index >= 15 is 0 Å². The minimum Gasteiger partial charge on any atom is -0.499 e. The van der Waals surface area contributed by atoms with Crippen molar-refractivity contribution < 1.29 is 19.6 Å². The molecular formula is C13H13N3O5. The van der Waals surface area contributed by atoms with E-state index in [-0.39, 0.29) is 16.9 Å². The zero-order valence-corrected chi connectivity index (χ0v) is 11.3. The molecule has 1 fully saturated rings. The molecule has 1 saturated heterocycles. The van der Waals surface area contributed by atoms with Gasteiger partial charge in [0, 0.05) is 19.2 Å². The van der Waals surface area contributed by atoms with Gasteiger partial charge in [-0.1, -0.05) is 0 Å². The van der Waals surface area contributed by atoms with Crippen molar-refractivity contribution >= 4 is 11.6 Å². The third kappa shape index (κ3) is 2.45. The minimum absolute atomic E-state index is 0.187. The van der Waals surface area contributed by atoms with Crippen LogP contribution in [0.3, 0.4) is 0 Å². The van der Waals surface area contributed by atoms with Crippen molar-refractivity contribution in [3.63, 3.8) is 0 Å². The van der Waals surface area contributed by atoms with Gasteiger partial charge in [0.2, 0.25) is 5.75 Å². The Balaban J connectivity index is 2.67. The fraction of sp³-hybridized carbons (Fsp3) is 0.385. The van der Waals surface area contributed by atoms with Gasteiger partial charge >= 0.3 is 5.69 Å². The smallest absolute Gasteiger partial charge is 0.328 e. The number of phenolic OH excluding ortho intramolecular Hbond substituents is 1. The standard InChI is InChI=1S/C13H13N3O5/c1-21-9-6-8(7-14)10(11(12(9)17)16(19)20)13(18)15-4-2-3-5-15/h6,17H,2-5H2,1H3. The second-order valence-electron chi connectivity index (χ2n) is 4.57. The SMILES string of the molecule is COc1cc(C#N)c(C(=O)N2CCCC2)c([N+](=O)[O-])c1O. The van der Waals surface area contributed by atoms with E-state index in [1.165, 1.54) is 12.0 Å². The monoisotopic (exact) mass is 291 g/mol. The quantitative estimate of drug-likeness (QED) is 0.664. The highest BCUT2D eigenvalue weighted by Gasteiger charge is 2.34. The van der Waals surface area contributed by atoms with Crippen LogP contribution >= 0.6 is 0 Å². The summed E-state index contributed by atoms with van der Waals surface area (Å²) < 4.78 is 4.81. The van der Waals surface area contributed by atoms with E-state index in [9.17, 15) is 20.0 Å². The first kappa shape index (κ1) is 14.6. The normalized spacial score (nSPS) is 13.8. The summed E-state index contributed by atoms with van der Waals surface area (Å²) in [5.74, 6) is -1.58. The molecule has 8 nitrogen and oxygen atoms in total. The molecular weight excluding hydrogens is 278 g/mol. The van der Waals surface area contributed by atoms with Crippen molar-refractivity contribution in [1.82, 2.24) is 4.90 Å². The molecule has 1 amide bonds. The molecule has 1 aromatic carbocycles. The number of nitro benzene ring substituents is 1. The minimum atomic E-state index is -0.873. The summed E-state index contributed by atoms with van der Waals surface area (Å²) in [4.78, 5) is 24.2. The van der Waals surface area contributed by atoms with Crippen LogP contribution in [0.1, 0.15) is 28.8 Å². The first-order valence-corrected chi connectivity index (χ1v) is 6.29. The molecule has 1 aliphatic heterocycles.